The van der Waals surface area contributed by atoms with Gasteiger partial charge < -0.3 is 9.47 Å². The maximum Gasteiger partial charge on any atom is 0.338 e. The third-order valence-electron chi connectivity index (χ3n) is 2.16. The van der Waals surface area contributed by atoms with Crippen molar-refractivity contribution in [3.05, 3.63) is 28.2 Å². The third-order valence-corrected chi connectivity index (χ3v) is 4.47. The number of rotatable bonds is 6. The zero-order chi connectivity index (χ0) is 14.5. The Labute approximate surface area is 124 Å². The SMILES string of the molecule is COCCCOC(=O)c1ccc(Br)c(S(=O)(=O)Cl)c1. The lowest BCUT2D eigenvalue weighted by atomic mass is 10.2. The molecule has 1 aromatic rings. The van der Waals surface area contributed by atoms with E-state index in [4.69, 9.17) is 20.2 Å². The van der Waals surface area contributed by atoms with Crippen LogP contribution in [0.15, 0.2) is 27.6 Å². The molecular weight excluding hydrogens is 360 g/mol. The summed E-state index contributed by atoms with van der Waals surface area (Å²) < 4.78 is 32.7. The Morgan fingerprint density at radius 1 is 1.37 bits per heavy atom. The second kappa shape index (κ2) is 7.23. The van der Waals surface area contributed by atoms with Crippen molar-refractivity contribution in [3.63, 3.8) is 0 Å². The molecule has 1 rings (SSSR count). The van der Waals surface area contributed by atoms with Crippen molar-refractivity contribution in [1.82, 2.24) is 0 Å². The minimum atomic E-state index is -3.92. The summed E-state index contributed by atoms with van der Waals surface area (Å²) in [7, 11) is 2.89. The van der Waals surface area contributed by atoms with Crippen LogP contribution in [0, 0.1) is 0 Å². The molecule has 106 valence electrons. The zero-order valence-electron chi connectivity index (χ0n) is 10.1. The quantitative estimate of drug-likeness (QED) is 0.437. The van der Waals surface area contributed by atoms with E-state index >= 15 is 0 Å². The van der Waals surface area contributed by atoms with Crippen molar-refractivity contribution in [1.29, 1.82) is 0 Å². The molecule has 0 unspecified atom stereocenters. The molecule has 19 heavy (non-hydrogen) atoms. The summed E-state index contributed by atoms with van der Waals surface area (Å²) in [5.74, 6) is -0.606. The monoisotopic (exact) mass is 370 g/mol. The molecule has 0 N–H and O–H groups in total. The molecule has 0 aliphatic heterocycles. The highest BCUT2D eigenvalue weighted by Crippen LogP contribution is 2.26. The van der Waals surface area contributed by atoms with Gasteiger partial charge in [0.15, 0.2) is 0 Å². The van der Waals surface area contributed by atoms with E-state index in [0.29, 0.717) is 17.5 Å². The molecule has 0 aliphatic carbocycles. The fourth-order valence-corrected chi connectivity index (χ4v) is 3.39. The summed E-state index contributed by atoms with van der Waals surface area (Å²) in [6.45, 7) is 0.681. The summed E-state index contributed by atoms with van der Waals surface area (Å²) in [6.07, 6.45) is 0.569. The molecule has 0 radical (unpaired) electrons. The van der Waals surface area contributed by atoms with Crippen LogP contribution in [0.25, 0.3) is 0 Å². The van der Waals surface area contributed by atoms with E-state index in [-0.39, 0.29) is 17.1 Å². The van der Waals surface area contributed by atoms with E-state index in [0.717, 1.165) is 0 Å². The molecule has 0 bridgehead atoms. The lowest BCUT2D eigenvalue weighted by Gasteiger charge is -2.06. The van der Waals surface area contributed by atoms with Crippen LogP contribution in [0.1, 0.15) is 16.8 Å². The zero-order valence-corrected chi connectivity index (χ0v) is 13.2. The van der Waals surface area contributed by atoms with Crippen LogP contribution in [-0.2, 0) is 18.5 Å². The Kier molecular flexibility index (Phi) is 6.25. The molecule has 8 heteroatoms. The summed E-state index contributed by atoms with van der Waals surface area (Å²) in [5, 5.41) is 0. The fourth-order valence-electron chi connectivity index (χ4n) is 1.27. The highest BCUT2D eigenvalue weighted by atomic mass is 79.9. The highest BCUT2D eigenvalue weighted by Gasteiger charge is 2.18. The number of ether oxygens (including phenoxy) is 2. The molecule has 0 atom stereocenters. The van der Waals surface area contributed by atoms with E-state index in [9.17, 15) is 13.2 Å². The Morgan fingerprint density at radius 2 is 2.05 bits per heavy atom. The number of halogens is 2. The lowest BCUT2D eigenvalue weighted by molar-refractivity contribution is 0.0468. The number of carbonyl (C=O) groups is 1. The second-order valence-electron chi connectivity index (χ2n) is 3.57. The van der Waals surface area contributed by atoms with Crippen LogP contribution >= 0.6 is 26.6 Å². The molecule has 0 heterocycles. The second-order valence-corrected chi connectivity index (χ2v) is 6.95. The summed E-state index contributed by atoms with van der Waals surface area (Å²) in [5.41, 5.74) is 0.125. The van der Waals surface area contributed by atoms with Crippen molar-refractivity contribution >= 4 is 41.6 Å². The number of hydrogen-bond acceptors (Lipinski definition) is 5. The molecule has 1 aromatic carbocycles. The number of carbonyl (C=O) groups excluding carboxylic acids is 1. The molecule has 0 spiro atoms. The molecular formula is C11H12BrClO5S. The minimum Gasteiger partial charge on any atom is -0.462 e. The van der Waals surface area contributed by atoms with E-state index in [1.54, 1.807) is 7.11 Å². The first kappa shape index (κ1) is 16.4. The van der Waals surface area contributed by atoms with E-state index < -0.39 is 15.0 Å². The van der Waals surface area contributed by atoms with Crippen LogP contribution in [0.2, 0.25) is 0 Å². The van der Waals surface area contributed by atoms with Crippen LogP contribution in [0.3, 0.4) is 0 Å². The van der Waals surface area contributed by atoms with Crippen LogP contribution < -0.4 is 0 Å². The van der Waals surface area contributed by atoms with Gasteiger partial charge in [0.1, 0.15) is 0 Å². The first-order chi connectivity index (χ1) is 8.86. The number of hydrogen-bond donors (Lipinski definition) is 0. The largest absolute Gasteiger partial charge is 0.462 e. The van der Waals surface area contributed by atoms with Crippen LogP contribution in [0.4, 0.5) is 0 Å². The van der Waals surface area contributed by atoms with Gasteiger partial charge in [0, 0.05) is 35.3 Å². The van der Waals surface area contributed by atoms with Gasteiger partial charge in [-0.15, -0.1) is 0 Å². The van der Waals surface area contributed by atoms with Crippen molar-refractivity contribution < 1.29 is 22.7 Å². The Bertz CT molecular complexity index is 558. The highest BCUT2D eigenvalue weighted by molar-refractivity contribution is 9.10. The van der Waals surface area contributed by atoms with Gasteiger partial charge in [0.05, 0.1) is 17.1 Å². The number of methoxy groups -OCH3 is 1. The van der Waals surface area contributed by atoms with Gasteiger partial charge in [0.25, 0.3) is 9.05 Å². The Balaban J connectivity index is 2.82. The first-order valence-electron chi connectivity index (χ1n) is 5.26. The molecule has 0 saturated carbocycles. The Morgan fingerprint density at radius 3 is 2.63 bits per heavy atom. The normalized spacial score (nSPS) is 11.3. The van der Waals surface area contributed by atoms with Crippen LogP contribution in [-0.4, -0.2) is 34.7 Å². The average Bonchev–Trinajstić information content (AvgIpc) is 2.33. The maximum absolute atomic E-state index is 11.7. The first-order valence-corrected chi connectivity index (χ1v) is 8.36. The van der Waals surface area contributed by atoms with Crippen molar-refractivity contribution in [2.75, 3.05) is 20.3 Å². The number of esters is 1. The maximum atomic E-state index is 11.7. The summed E-state index contributed by atoms with van der Waals surface area (Å²) in [4.78, 5) is 11.5. The Hall–Kier alpha value is -0.630. The topological polar surface area (TPSA) is 69.7 Å². The van der Waals surface area contributed by atoms with Gasteiger partial charge in [-0.2, -0.15) is 0 Å². The van der Waals surface area contributed by atoms with Crippen LogP contribution in [0.5, 0.6) is 0 Å². The summed E-state index contributed by atoms with van der Waals surface area (Å²) >= 11 is 3.06. The molecule has 0 saturated heterocycles. The van der Waals surface area contributed by atoms with Gasteiger partial charge in [-0.25, -0.2) is 13.2 Å². The molecule has 5 nitrogen and oxygen atoms in total. The smallest absolute Gasteiger partial charge is 0.338 e. The van der Waals surface area contributed by atoms with Crippen molar-refractivity contribution in [2.24, 2.45) is 0 Å². The summed E-state index contributed by atoms with van der Waals surface area (Å²) in [6, 6.07) is 4.06. The van der Waals surface area contributed by atoms with E-state index in [1.165, 1.54) is 18.2 Å². The van der Waals surface area contributed by atoms with Gasteiger partial charge >= 0.3 is 5.97 Å². The third kappa shape index (κ3) is 5.10. The average molecular weight is 372 g/mol. The lowest BCUT2D eigenvalue weighted by Crippen LogP contribution is -2.09. The molecule has 0 aromatic heterocycles. The van der Waals surface area contributed by atoms with Gasteiger partial charge in [-0.3, -0.25) is 0 Å². The van der Waals surface area contributed by atoms with E-state index in [2.05, 4.69) is 15.9 Å². The fraction of sp³-hybridized carbons (Fsp3) is 0.364. The molecule has 0 aliphatic rings. The predicted molar refractivity (Wildman–Crippen MR) is 74.0 cm³/mol. The van der Waals surface area contributed by atoms with Gasteiger partial charge in [-0.05, 0) is 34.1 Å². The predicted octanol–water partition coefficient (Wildman–Crippen LogP) is 2.57. The van der Waals surface area contributed by atoms with E-state index in [1.807, 2.05) is 0 Å². The molecule has 0 amide bonds. The van der Waals surface area contributed by atoms with Gasteiger partial charge in [0.2, 0.25) is 0 Å². The van der Waals surface area contributed by atoms with Gasteiger partial charge in [-0.1, -0.05) is 0 Å². The van der Waals surface area contributed by atoms with Crippen molar-refractivity contribution in [2.45, 2.75) is 11.3 Å². The van der Waals surface area contributed by atoms with Crippen molar-refractivity contribution in [3.8, 4) is 0 Å². The minimum absolute atomic E-state index is 0.125. The number of benzene rings is 1. The molecule has 0 fully saturated rings. The standard InChI is InChI=1S/C11H12BrClO5S/c1-17-5-2-6-18-11(14)8-3-4-9(12)10(7-8)19(13,15)16/h3-4,7H,2,5-6H2,1H3.